The minimum Gasteiger partial charge on any atom is -0.329 e. The lowest BCUT2D eigenvalue weighted by Crippen LogP contribution is -2.43. The Kier molecular flexibility index (Phi) is 5.19. The zero-order valence-corrected chi connectivity index (χ0v) is 13.4. The molecule has 1 aromatic carbocycles. The average molecular weight is 275 g/mol. The molecule has 1 aliphatic rings. The van der Waals surface area contributed by atoms with Gasteiger partial charge in [-0.15, -0.1) is 0 Å². The van der Waals surface area contributed by atoms with Crippen LogP contribution in [-0.2, 0) is 0 Å². The van der Waals surface area contributed by atoms with Crippen molar-refractivity contribution < 1.29 is 0 Å². The van der Waals surface area contributed by atoms with E-state index in [2.05, 4.69) is 55.8 Å². The van der Waals surface area contributed by atoms with Gasteiger partial charge < -0.3 is 10.6 Å². The molecule has 0 aliphatic carbocycles. The lowest BCUT2D eigenvalue weighted by Gasteiger charge is -2.35. The van der Waals surface area contributed by atoms with E-state index < -0.39 is 0 Å². The molecular weight excluding hydrogens is 246 g/mol. The number of hydrogen-bond acceptors (Lipinski definition) is 3. The Balaban J connectivity index is 2.26. The molecule has 3 heteroatoms. The summed E-state index contributed by atoms with van der Waals surface area (Å²) in [5.74, 6) is 0. The smallest absolute Gasteiger partial charge is 0.0474 e. The van der Waals surface area contributed by atoms with Gasteiger partial charge in [-0.05, 0) is 46.3 Å². The first kappa shape index (κ1) is 15.5. The number of rotatable bonds is 3. The van der Waals surface area contributed by atoms with Crippen LogP contribution in [0.15, 0.2) is 18.2 Å². The van der Waals surface area contributed by atoms with E-state index in [1.807, 2.05) is 0 Å². The van der Waals surface area contributed by atoms with E-state index in [4.69, 9.17) is 5.73 Å². The molecule has 0 amide bonds. The summed E-state index contributed by atoms with van der Waals surface area (Å²) in [5, 5.41) is 0. The van der Waals surface area contributed by atoms with Crippen molar-refractivity contribution >= 4 is 0 Å². The number of nitrogens with two attached hydrogens (primary N) is 1. The molecule has 3 nitrogen and oxygen atoms in total. The van der Waals surface area contributed by atoms with Crippen molar-refractivity contribution in [2.24, 2.45) is 5.73 Å². The minimum atomic E-state index is 0.343. The van der Waals surface area contributed by atoms with E-state index >= 15 is 0 Å². The van der Waals surface area contributed by atoms with Crippen molar-refractivity contribution in [3.05, 3.63) is 34.9 Å². The highest BCUT2D eigenvalue weighted by atomic mass is 15.3. The number of nitrogens with zero attached hydrogens (tertiary/aromatic N) is 2. The van der Waals surface area contributed by atoms with Crippen LogP contribution in [0.5, 0.6) is 0 Å². The summed E-state index contributed by atoms with van der Waals surface area (Å²) in [6.45, 7) is 10.8. The molecule has 0 aromatic heterocycles. The number of likely N-dealkylation sites (N-methyl/N-ethyl adjacent to an activating group) is 1. The molecule has 20 heavy (non-hydrogen) atoms. The summed E-state index contributed by atoms with van der Waals surface area (Å²) in [6, 6.07) is 7.72. The fourth-order valence-corrected chi connectivity index (χ4v) is 3.52. The van der Waals surface area contributed by atoms with Gasteiger partial charge in [0, 0.05) is 31.7 Å². The monoisotopic (exact) mass is 275 g/mol. The van der Waals surface area contributed by atoms with Gasteiger partial charge in [-0.2, -0.15) is 0 Å². The van der Waals surface area contributed by atoms with Crippen LogP contribution in [0.2, 0.25) is 0 Å². The zero-order chi connectivity index (χ0) is 14.7. The molecule has 0 radical (unpaired) electrons. The Morgan fingerprint density at radius 3 is 2.45 bits per heavy atom. The van der Waals surface area contributed by atoms with Crippen molar-refractivity contribution in [3.63, 3.8) is 0 Å². The Labute approximate surface area is 123 Å². The summed E-state index contributed by atoms with van der Waals surface area (Å²) in [5.41, 5.74) is 10.2. The highest BCUT2D eigenvalue weighted by molar-refractivity contribution is 5.31. The molecule has 1 saturated heterocycles. The molecule has 112 valence electrons. The van der Waals surface area contributed by atoms with Crippen LogP contribution < -0.4 is 5.73 Å². The largest absolute Gasteiger partial charge is 0.329 e. The van der Waals surface area contributed by atoms with Gasteiger partial charge in [-0.1, -0.05) is 29.3 Å². The van der Waals surface area contributed by atoms with Crippen molar-refractivity contribution in [2.45, 2.75) is 39.3 Å². The van der Waals surface area contributed by atoms with Crippen LogP contribution in [0.1, 0.15) is 36.1 Å². The first-order valence-electron chi connectivity index (χ1n) is 7.74. The van der Waals surface area contributed by atoms with E-state index in [9.17, 15) is 0 Å². The van der Waals surface area contributed by atoms with E-state index in [1.165, 1.54) is 29.7 Å². The van der Waals surface area contributed by atoms with Gasteiger partial charge in [0.25, 0.3) is 0 Å². The molecule has 2 unspecified atom stereocenters. The fraction of sp³-hybridized carbons (Fsp3) is 0.647. The summed E-state index contributed by atoms with van der Waals surface area (Å²) in [4.78, 5) is 5.03. The normalized spacial score (nSPS) is 23.6. The molecule has 2 N–H and O–H groups in total. The van der Waals surface area contributed by atoms with Crippen molar-refractivity contribution in [1.29, 1.82) is 0 Å². The topological polar surface area (TPSA) is 32.5 Å². The maximum absolute atomic E-state index is 6.13. The number of hydrogen-bond donors (Lipinski definition) is 1. The standard InChI is InChI=1S/C17H29N3/c1-13-8-14(2)10-16(9-13)17(11-18)20-7-5-6-19(4)12-15(20)3/h8-10,15,17H,5-7,11-12,18H2,1-4H3. The summed E-state index contributed by atoms with van der Waals surface area (Å²) in [6.07, 6.45) is 1.22. The Bertz CT molecular complexity index is 424. The predicted octanol–water partition coefficient (Wildman–Crippen LogP) is 2.33. The Hall–Kier alpha value is -0.900. The fourth-order valence-electron chi connectivity index (χ4n) is 3.52. The maximum atomic E-state index is 6.13. The third-order valence-corrected chi connectivity index (χ3v) is 4.35. The Morgan fingerprint density at radius 1 is 1.20 bits per heavy atom. The molecule has 2 rings (SSSR count). The first-order valence-corrected chi connectivity index (χ1v) is 7.74. The SMILES string of the molecule is Cc1cc(C)cc(C(CN)N2CCCN(C)CC2C)c1. The van der Waals surface area contributed by atoms with Crippen molar-refractivity contribution in [1.82, 2.24) is 9.80 Å². The van der Waals surface area contributed by atoms with E-state index in [0.717, 1.165) is 13.1 Å². The average Bonchev–Trinajstić information content (AvgIpc) is 2.51. The molecule has 1 heterocycles. The molecule has 1 fully saturated rings. The van der Waals surface area contributed by atoms with Gasteiger partial charge in [-0.3, -0.25) is 4.90 Å². The van der Waals surface area contributed by atoms with Crippen LogP contribution in [0, 0.1) is 13.8 Å². The second-order valence-corrected chi connectivity index (χ2v) is 6.38. The first-order chi connectivity index (χ1) is 9.51. The third-order valence-electron chi connectivity index (χ3n) is 4.35. The minimum absolute atomic E-state index is 0.343. The van der Waals surface area contributed by atoms with Crippen molar-refractivity contribution in [2.75, 3.05) is 33.2 Å². The second-order valence-electron chi connectivity index (χ2n) is 6.38. The van der Waals surface area contributed by atoms with Crippen LogP contribution in [0.4, 0.5) is 0 Å². The van der Waals surface area contributed by atoms with Crippen molar-refractivity contribution in [3.8, 4) is 0 Å². The molecule has 0 saturated carbocycles. The predicted molar refractivity (Wildman–Crippen MR) is 86.0 cm³/mol. The molecule has 2 atom stereocenters. The number of aryl methyl sites for hydroxylation is 2. The van der Waals surface area contributed by atoms with Crippen LogP contribution in [-0.4, -0.2) is 49.1 Å². The van der Waals surface area contributed by atoms with Crippen LogP contribution >= 0.6 is 0 Å². The summed E-state index contributed by atoms with van der Waals surface area (Å²) >= 11 is 0. The quantitative estimate of drug-likeness (QED) is 0.919. The lowest BCUT2D eigenvalue weighted by molar-refractivity contribution is 0.146. The molecule has 0 spiro atoms. The summed E-state index contributed by atoms with van der Waals surface area (Å²) in [7, 11) is 2.22. The van der Waals surface area contributed by atoms with Gasteiger partial charge in [0.2, 0.25) is 0 Å². The van der Waals surface area contributed by atoms with Gasteiger partial charge in [0.05, 0.1) is 0 Å². The van der Waals surface area contributed by atoms with Crippen LogP contribution in [0.3, 0.4) is 0 Å². The van der Waals surface area contributed by atoms with E-state index in [0.29, 0.717) is 18.6 Å². The van der Waals surface area contributed by atoms with Gasteiger partial charge in [0.1, 0.15) is 0 Å². The molecule has 1 aromatic rings. The van der Waals surface area contributed by atoms with E-state index in [-0.39, 0.29) is 0 Å². The Morgan fingerprint density at radius 2 is 1.85 bits per heavy atom. The van der Waals surface area contributed by atoms with E-state index in [1.54, 1.807) is 0 Å². The van der Waals surface area contributed by atoms with Gasteiger partial charge >= 0.3 is 0 Å². The van der Waals surface area contributed by atoms with Gasteiger partial charge in [-0.25, -0.2) is 0 Å². The third kappa shape index (κ3) is 3.60. The lowest BCUT2D eigenvalue weighted by atomic mass is 9.99. The highest BCUT2D eigenvalue weighted by Crippen LogP contribution is 2.26. The molecular formula is C17H29N3. The van der Waals surface area contributed by atoms with Gasteiger partial charge in [0.15, 0.2) is 0 Å². The summed E-state index contributed by atoms with van der Waals surface area (Å²) < 4.78 is 0. The highest BCUT2D eigenvalue weighted by Gasteiger charge is 2.26. The second kappa shape index (κ2) is 6.70. The molecule has 0 bridgehead atoms. The zero-order valence-electron chi connectivity index (χ0n) is 13.4. The molecule has 1 aliphatic heterocycles. The maximum Gasteiger partial charge on any atom is 0.0474 e. The number of benzene rings is 1. The van der Waals surface area contributed by atoms with Crippen LogP contribution in [0.25, 0.3) is 0 Å².